The van der Waals surface area contributed by atoms with Gasteiger partial charge in [0.25, 0.3) is 0 Å². The smallest absolute Gasteiger partial charge is 0.111 e. The van der Waals surface area contributed by atoms with Crippen LogP contribution in [0.2, 0.25) is 0 Å². The van der Waals surface area contributed by atoms with Crippen molar-refractivity contribution in [1.82, 2.24) is 14.8 Å². The third-order valence-corrected chi connectivity index (χ3v) is 2.41. The molecule has 0 aromatic carbocycles. The number of pyridine rings is 1. The molecule has 16 heavy (non-hydrogen) atoms. The van der Waals surface area contributed by atoms with Crippen LogP contribution in [0.3, 0.4) is 0 Å². The van der Waals surface area contributed by atoms with Gasteiger partial charge in [-0.1, -0.05) is 6.07 Å². The van der Waals surface area contributed by atoms with Gasteiger partial charge in [-0.2, -0.15) is 5.10 Å². The number of aliphatic hydroxyl groups is 1. The van der Waals surface area contributed by atoms with E-state index in [1.165, 1.54) is 0 Å². The van der Waals surface area contributed by atoms with E-state index in [0.29, 0.717) is 6.04 Å². The Kier molecular flexibility index (Phi) is 3.01. The van der Waals surface area contributed by atoms with Gasteiger partial charge >= 0.3 is 0 Å². The van der Waals surface area contributed by atoms with Crippen LogP contribution in [0.25, 0.3) is 11.4 Å². The summed E-state index contributed by atoms with van der Waals surface area (Å²) in [6.07, 6.45) is 3.62. The SMILES string of the molecule is CC(C)n1ccc(-c2ccc(CO)cn2)n1. The topological polar surface area (TPSA) is 50.9 Å². The molecule has 0 radical (unpaired) electrons. The second kappa shape index (κ2) is 4.45. The van der Waals surface area contributed by atoms with Crippen LogP contribution in [0.4, 0.5) is 0 Å². The van der Waals surface area contributed by atoms with E-state index >= 15 is 0 Å². The molecule has 2 aromatic heterocycles. The number of aromatic nitrogens is 3. The highest BCUT2D eigenvalue weighted by molar-refractivity contribution is 5.53. The molecule has 2 aromatic rings. The van der Waals surface area contributed by atoms with Gasteiger partial charge in [0.05, 0.1) is 12.3 Å². The van der Waals surface area contributed by atoms with Crippen molar-refractivity contribution in [2.45, 2.75) is 26.5 Å². The number of hydrogen-bond donors (Lipinski definition) is 1. The molecule has 0 aliphatic rings. The highest BCUT2D eigenvalue weighted by Gasteiger charge is 2.05. The zero-order valence-corrected chi connectivity index (χ0v) is 9.46. The number of aliphatic hydroxyl groups excluding tert-OH is 1. The van der Waals surface area contributed by atoms with E-state index in [4.69, 9.17) is 5.11 Å². The van der Waals surface area contributed by atoms with E-state index < -0.39 is 0 Å². The summed E-state index contributed by atoms with van der Waals surface area (Å²) in [4.78, 5) is 4.26. The van der Waals surface area contributed by atoms with E-state index in [1.807, 2.05) is 29.1 Å². The third-order valence-electron chi connectivity index (χ3n) is 2.41. The first-order chi connectivity index (χ1) is 7.70. The summed E-state index contributed by atoms with van der Waals surface area (Å²) in [5, 5.41) is 13.3. The predicted molar refractivity (Wildman–Crippen MR) is 61.8 cm³/mol. The Balaban J connectivity index is 2.28. The number of nitrogens with zero attached hydrogens (tertiary/aromatic N) is 3. The summed E-state index contributed by atoms with van der Waals surface area (Å²) in [5.74, 6) is 0. The standard InChI is InChI=1S/C12H15N3O/c1-9(2)15-6-5-12(14-15)11-4-3-10(8-16)7-13-11/h3-7,9,16H,8H2,1-2H3. The van der Waals surface area contributed by atoms with Gasteiger partial charge in [-0.05, 0) is 31.5 Å². The van der Waals surface area contributed by atoms with Gasteiger partial charge in [-0.15, -0.1) is 0 Å². The van der Waals surface area contributed by atoms with Gasteiger partial charge in [-0.25, -0.2) is 0 Å². The van der Waals surface area contributed by atoms with Crippen LogP contribution in [-0.4, -0.2) is 19.9 Å². The van der Waals surface area contributed by atoms with Gasteiger partial charge in [0.2, 0.25) is 0 Å². The van der Waals surface area contributed by atoms with Crippen molar-refractivity contribution in [3.63, 3.8) is 0 Å². The molecule has 2 heterocycles. The first-order valence-electron chi connectivity index (χ1n) is 5.32. The van der Waals surface area contributed by atoms with Crippen LogP contribution < -0.4 is 0 Å². The maximum atomic E-state index is 8.92. The Morgan fingerprint density at radius 1 is 1.25 bits per heavy atom. The minimum absolute atomic E-state index is 0.0215. The lowest BCUT2D eigenvalue weighted by Crippen LogP contribution is -2.01. The first kappa shape index (κ1) is 10.8. The molecule has 0 saturated carbocycles. The minimum atomic E-state index is 0.0215. The predicted octanol–water partition coefficient (Wildman–Crippen LogP) is 2.02. The Morgan fingerprint density at radius 2 is 2.06 bits per heavy atom. The second-order valence-corrected chi connectivity index (χ2v) is 3.98. The van der Waals surface area contributed by atoms with E-state index in [-0.39, 0.29) is 6.61 Å². The molecule has 1 N–H and O–H groups in total. The van der Waals surface area contributed by atoms with Crippen molar-refractivity contribution < 1.29 is 5.11 Å². The molecule has 0 fully saturated rings. The molecule has 0 saturated heterocycles. The molecule has 4 heteroatoms. The summed E-state index contributed by atoms with van der Waals surface area (Å²) in [6, 6.07) is 6.03. The van der Waals surface area contributed by atoms with Crippen molar-refractivity contribution in [2.75, 3.05) is 0 Å². The molecule has 0 aliphatic heterocycles. The van der Waals surface area contributed by atoms with Gasteiger partial charge in [-0.3, -0.25) is 9.67 Å². The molecule has 0 bridgehead atoms. The van der Waals surface area contributed by atoms with E-state index in [2.05, 4.69) is 23.9 Å². The summed E-state index contributed by atoms with van der Waals surface area (Å²) >= 11 is 0. The van der Waals surface area contributed by atoms with Crippen LogP contribution >= 0.6 is 0 Å². The lowest BCUT2D eigenvalue weighted by molar-refractivity contribution is 0.281. The molecular weight excluding hydrogens is 202 g/mol. The summed E-state index contributed by atoms with van der Waals surface area (Å²) in [7, 11) is 0. The molecule has 4 nitrogen and oxygen atoms in total. The van der Waals surface area contributed by atoms with Crippen molar-refractivity contribution in [3.8, 4) is 11.4 Å². The van der Waals surface area contributed by atoms with Gasteiger partial charge in [0.15, 0.2) is 0 Å². The Labute approximate surface area is 94.6 Å². The molecule has 0 unspecified atom stereocenters. The van der Waals surface area contributed by atoms with Crippen molar-refractivity contribution in [1.29, 1.82) is 0 Å². The quantitative estimate of drug-likeness (QED) is 0.855. The maximum absolute atomic E-state index is 8.92. The normalized spacial score (nSPS) is 11.0. The molecule has 2 rings (SSSR count). The molecule has 0 atom stereocenters. The molecule has 0 spiro atoms. The fraction of sp³-hybridized carbons (Fsp3) is 0.333. The average molecular weight is 217 g/mol. The second-order valence-electron chi connectivity index (χ2n) is 3.98. The Bertz CT molecular complexity index is 459. The van der Waals surface area contributed by atoms with Crippen molar-refractivity contribution in [3.05, 3.63) is 36.2 Å². The first-order valence-corrected chi connectivity index (χ1v) is 5.32. The van der Waals surface area contributed by atoms with Gasteiger partial charge in [0, 0.05) is 18.4 Å². The van der Waals surface area contributed by atoms with E-state index in [1.54, 1.807) is 6.20 Å². The average Bonchev–Trinajstić information content (AvgIpc) is 2.78. The Hall–Kier alpha value is -1.68. The number of hydrogen-bond acceptors (Lipinski definition) is 3. The fourth-order valence-electron chi connectivity index (χ4n) is 1.43. The molecule has 84 valence electrons. The summed E-state index contributed by atoms with van der Waals surface area (Å²) < 4.78 is 1.90. The van der Waals surface area contributed by atoms with Crippen LogP contribution in [-0.2, 0) is 6.61 Å². The van der Waals surface area contributed by atoms with Crippen molar-refractivity contribution >= 4 is 0 Å². The molecular formula is C12H15N3O. The highest BCUT2D eigenvalue weighted by atomic mass is 16.3. The summed E-state index contributed by atoms with van der Waals surface area (Å²) in [5.41, 5.74) is 2.50. The minimum Gasteiger partial charge on any atom is -0.392 e. The van der Waals surface area contributed by atoms with Crippen LogP contribution in [0, 0.1) is 0 Å². The van der Waals surface area contributed by atoms with Crippen LogP contribution in [0.1, 0.15) is 25.5 Å². The van der Waals surface area contributed by atoms with Gasteiger partial charge in [0.1, 0.15) is 5.69 Å². The van der Waals surface area contributed by atoms with E-state index in [9.17, 15) is 0 Å². The largest absolute Gasteiger partial charge is 0.392 e. The summed E-state index contributed by atoms with van der Waals surface area (Å²) in [6.45, 7) is 4.19. The van der Waals surface area contributed by atoms with Gasteiger partial charge < -0.3 is 5.11 Å². The third kappa shape index (κ3) is 2.12. The number of rotatable bonds is 3. The lowest BCUT2D eigenvalue weighted by atomic mass is 10.2. The fourth-order valence-corrected chi connectivity index (χ4v) is 1.43. The zero-order valence-electron chi connectivity index (χ0n) is 9.46. The Morgan fingerprint density at radius 3 is 2.56 bits per heavy atom. The molecule has 0 aliphatic carbocycles. The van der Waals surface area contributed by atoms with Crippen LogP contribution in [0.5, 0.6) is 0 Å². The highest BCUT2D eigenvalue weighted by Crippen LogP contribution is 2.16. The lowest BCUT2D eigenvalue weighted by Gasteiger charge is -2.03. The molecule has 0 amide bonds. The monoisotopic (exact) mass is 217 g/mol. The van der Waals surface area contributed by atoms with E-state index in [0.717, 1.165) is 17.0 Å². The zero-order chi connectivity index (χ0) is 11.5. The van der Waals surface area contributed by atoms with Crippen LogP contribution in [0.15, 0.2) is 30.6 Å². The van der Waals surface area contributed by atoms with Crippen molar-refractivity contribution in [2.24, 2.45) is 0 Å². The maximum Gasteiger partial charge on any atom is 0.111 e.